The van der Waals surface area contributed by atoms with Crippen molar-refractivity contribution in [2.75, 3.05) is 11.1 Å². The van der Waals surface area contributed by atoms with E-state index in [1.165, 1.54) is 23.9 Å². The average molecular weight is 409 g/mol. The van der Waals surface area contributed by atoms with Crippen molar-refractivity contribution in [3.05, 3.63) is 78.6 Å². The predicted octanol–water partition coefficient (Wildman–Crippen LogP) is 3.85. The summed E-state index contributed by atoms with van der Waals surface area (Å²) in [6.07, 6.45) is 3.27. The first-order valence-electron chi connectivity index (χ1n) is 8.75. The molecular weight excluding hydrogens is 393 g/mol. The van der Waals surface area contributed by atoms with E-state index in [1.54, 1.807) is 30.7 Å². The summed E-state index contributed by atoms with van der Waals surface area (Å²) in [6.45, 7) is 0.392. The number of aromatic nitrogens is 4. The Kier molecular flexibility index (Phi) is 5.66. The highest BCUT2D eigenvalue weighted by Gasteiger charge is 2.18. The second-order valence-corrected chi connectivity index (χ2v) is 6.95. The number of pyridine rings is 1. The number of anilines is 1. The van der Waals surface area contributed by atoms with Crippen LogP contribution in [0.4, 0.5) is 10.1 Å². The molecular formula is C20H16FN5O2S. The maximum atomic E-state index is 13.7. The van der Waals surface area contributed by atoms with Crippen molar-refractivity contribution < 1.29 is 13.6 Å². The van der Waals surface area contributed by atoms with Gasteiger partial charge < -0.3 is 9.73 Å². The van der Waals surface area contributed by atoms with Gasteiger partial charge in [0.15, 0.2) is 11.0 Å². The van der Waals surface area contributed by atoms with E-state index in [0.717, 1.165) is 5.76 Å². The topological polar surface area (TPSA) is 85.8 Å². The van der Waals surface area contributed by atoms with E-state index in [-0.39, 0.29) is 17.3 Å². The van der Waals surface area contributed by atoms with Gasteiger partial charge in [-0.1, -0.05) is 30.0 Å². The molecule has 0 aliphatic carbocycles. The molecule has 1 N–H and O–H groups in total. The number of hydrogen-bond donors (Lipinski definition) is 1. The number of thioether (sulfide) groups is 1. The van der Waals surface area contributed by atoms with Crippen LogP contribution in [0.5, 0.6) is 0 Å². The van der Waals surface area contributed by atoms with Gasteiger partial charge in [-0.05, 0) is 36.4 Å². The summed E-state index contributed by atoms with van der Waals surface area (Å²) in [4.78, 5) is 16.6. The first-order chi connectivity index (χ1) is 14.2. The molecule has 9 heteroatoms. The number of benzene rings is 1. The molecule has 3 aromatic heterocycles. The van der Waals surface area contributed by atoms with E-state index in [2.05, 4.69) is 20.5 Å². The Hall–Kier alpha value is -3.46. The van der Waals surface area contributed by atoms with Crippen molar-refractivity contribution >= 4 is 23.4 Å². The predicted molar refractivity (Wildman–Crippen MR) is 107 cm³/mol. The lowest BCUT2D eigenvalue weighted by molar-refractivity contribution is -0.113. The van der Waals surface area contributed by atoms with Crippen molar-refractivity contribution in [3.8, 4) is 11.5 Å². The number of carbonyl (C=O) groups is 1. The maximum absolute atomic E-state index is 13.7. The van der Waals surface area contributed by atoms with E-state index in [4.69, 9.17) is 4.42 Å². The average Bonchev–Trinajstić information content (AvgIpc) is 3.39. The SMILES string of the molecule is O=C(CSc1nnc(-c2ccccn2)n1Cc1ccco1)Nc1ccccc1F. The van der Waals surface area contributed by atoms with Crippen molar-refractivity contribution in [1.82, 2.24) is 19.7 Å². The number of carbonyl (C=O) groups excluding carboxylic acids is 1. The molecule has 0 fully saturated rings. The molecule has 0 atom stereocenters. The fourth-order valence-corrected chi connectivity index (χ4v) is 3.40. The van der Waals surface area contributed by atoms with E-state index in [0.29, 0.717) is 23.2 Å². The number of nitrogens with zero attached hydrogens (tertiary/aromatic N) is 4. The molecule has 3 heterocycles. The number of hydrogen-bond acceptors (Lipinski definition) is 6. The third kappa shape index (κ3) is 4.52. The second-order valence-electron chi connectivity index (χ2n) is 6.00. The van der Waals surface area contributed by atoms with E-state index >= 15 is 0 Å². The Labute approximate surface area is 170 Å². The Morgan fingerprint density at radius 3 is 2.72 bits per heavy atom. The summed E-state index contributed by atoms with van der Waals surface area (Å²) < 4.78 is 21.0. The van der Waals surface area contributed by atoms with Crippen molar-refractivity contribution in [3.63, 3.8) is 0 Å². The number of nitrogens with one attached hydrogen (secondary N) is 1. The summed E-state index contributed by atoms with van der Waals surface area (Å²) in [6, 6.07) is 15.2. The fourth-order valence-electron chi connectivity index (χ4n) is 2.66. The molecule has 0 spiro atoms. The molecule has 29 heavy (non-hydrogen) atoms. The lowest BCUT2D eigenvalue weighted by Crippen LogP contribution is -2.15. The van der Waals surface area contributed by atoms with Gasteiger partial charge in [0, 0.05) is 6.20 Å². The van der Waals surface area contributed by atoms with Crippen LogP contribution in [0.2, 0.25) is 0 Å². The maximum Gasteiger partial charge on any atom is 0.234 e. The lowest BCUT2D eigenvalue weighted by atomic mass is 10.3. The van der Waals surface area contributed by atoms with Crippen LogP contribution in [0.3, 0.4) is 0 Å². The minimum absolute atomic E-state index is 0.0485. The van der Waals surface area contributed by atoms with E-state index in [9.17, 15) is 9.18 Å². The fraction of sp³-hybridized carbons (Fsp3) is 0.100. The normalized spacial score (nSPS) is 10.8. The van der Waals surface area contributed by atoms with Crippen LogP contribution < -0.4 is 5.32 Å². The third-order valence-corrected chi connectivity index (χ3v) is 4.95. The minimum atomic E-state index is -0.482. The van der Waals surface area contributed by atoms with Gasteiger partial charge in [-0.3, -0.25) is 14.3 Å². The van der Waals surface area contributed by atoms with Crippen molar-refractivity contribution in [1.29, 1.82) is 0 Å². The molecule has 0 saturated heterocycles. The van der Waals surface area contributed by atoms with Gasteiger partial charge in [0.2, 0.25) is 5.91 Å². The van der Waals surface area contributed by atoms with Crippen LogP contribution in [-0.2, 0) is 11.3 Å². The first-order valence-corrected chi connectivity index (χ1v) is 9.73. The van der Waals surface area contributed by atoms with Crippen LogP contribution in [0.1, 0.15) is 5.76 Å². The largest absolute Gasteiger partial charge is 0.467 e. The minimum Gasteiger partial charge on any atom is -0.467 e. The summed E-state index contributed by atoms with van der Waals surface area (Å²) in [5.74, 6) is 0.516. The quantitative estimate of drug-likeness (QED) is 0.467. The molecule has 146 valence electrons. The van der Waals surface area contributed by atoms with E-state index < -0.39 is 5.82 Å². The van der Waals surface area contributed by atoms with Crippen molar-refractivity contribution in [2.24, 2.45) is 0 Å². The van der Waals surface area contributed by atoms with Crippen LogP contribution in [-0.4, -0.2) is 31.4 Å². The van der Waals surface area contributed by atoms with Gasteiger partial charge in [0.05, 0.1) is 24.2 Å². The van der Waals surface area contributed by atoms with Gasteiger partial charge in [-0.2, -0.15) is 0 Å². The Morgan fingerprint density at radius 2 is 1.97 bits per heavy atom. The Morgan fingerprint density at radius 1 is 1.10 bits per heavy atom. The molecule has 1 amide bonds. The highest BCUT2D eigenvalue weighted by Crippen LogP contribution is 2.24. The number of para-hydroxylation sites is 1. The highest BCUT2D eigenvalue weighted by molar-refractivity contribution is 7.99. The number of rotatable bonds is 7. The molecule has 0 bridgehead atoms. The summed E-state index contributed by atoms with van der Waals surface area (Å²) in [5, 5.41) is 11.5. The zero-order valence-corrected chi connectivity index (χ0v) is 16.0. The molecule has 4 rings (SSSR count). The number of amides is 1. The molecule has 7 nitrogen and oxygen atoms in total. The number of halogens is 1. The standard InChI is InChI=1S/C20H16FN5O2S/c21-15-7-1-2-8-16(15)23-18(27)13-29-20-25-24-19(17-9-3-4-10-22-17)26(20)12-14-6-5-11-28-14/h1-11H,12-13H2,(H,23,27). The first kappa shape index (κ1) is 18.9. The Balaban J connectivity index is 1.53. The van der Waals surface area contributed by atoms with Gasteiger partial charge in [-0.15, -0.1) is 10.2 Å². The summed E-state index contributed by atoms with van der Waals surface area (Å²) in [5.41, 5.74) is 0.804. The van der Waals surface area contributed by atoms with Gasteiger partial charge in [0.25, 0.3) is 0 Å². The summed E-state index contributed by atoms with van der Waals surface area (Å²) >= 11 is 1.20. The summed E-state index contributed by atoms with van der Waals surface area (Å²) in [7, 11) is 0. The zero-order valence-electron chi connectivity index (χ0n) is 15.2. The molecule has 0 aliphatic rings. The molecule has 4 aromatic rings. The van der Waals surface area contributed by atoms with E-state index in [1.807, 2.05) is 28.8 Å². The molecule has 1 aromatic carbocycles. The van der Waals surface area contributed by atoms with Gasteiger partial charge >= 0.3 is 0 Å². The highest BCUT2D eigenvalue weighted by atomic mass is 32.2. The van der Waals surface area contributed by atoms with Crippen LogP contribution in [0.25, 0.3) is 11.5 Å². The monoisotopic (exact) mass is 409 g/mol. The second kappa shape index (κ2) is 8.70. The Bertz CT molecular complexity index is 1100. The van der Waals surface area contributed by atoms with Crippen LogP contribution in [0.15, 0.2) is 76.6 Å². The third-order valence-electron chi connectivity index (χ3n) is 3.99. The zero-order chi connectivity index (χ0) is 20.1. The molecule has 0 radical (unpaired) electrons. The molecule has 0 aliphatic heterocycles. The van der Waals surface area contributed by atoms with Gasteiger partial charge in [-0.25, -0.2) is 4.39 Å². The van der Waals surface area contributed by atoms with Gasteiger partial charge in [0.1, 0.15) is 17.3 Å². The smallest absolute Gasteiger partial charge is 0.234 e. The number of furan rings is 1. The molecule has 0 saturated carbocycles. The van der Waals surface area contributed by atoms with Crippen LogP contribution >= 0.6 is 11.8 Å². The lowest BCUT2D eigenvalue weighted by Gasteiger charge is -2.09. The van der Waals surface area contributed by atoms with Crippen molar-refractivity contribution in [2.45, 2.75) is 11.7 Å². The van der Waals surface area contributed by atoms with Crippen LogP contribution in [0, 0.1) is 5.82 Å². The molecule has 0 unspecified atom stereocenters.